The second-order valence-corrected chi connectivity index (χ2v) is 7.43. The van der Waals surface area contributed by atoms with E-state index in [0.29, 0.717) is 12.1 Å². The van der Waals surface area contributed by atoms with E-state index in [4.69, 9.17) is 4.74 Å². The molecule has 0 spiro atoms. The van der Waals surface area contributed by atoms with Crippen LogP contribution in [0.15, 0.2) is 24.3 Å². The zero-order valence-corrected chi connectivity index (χ0v) is 12.6. The summed E-state index contributed by atoms with van der Waals surface area (Å²) in [7, 11) is 0. The van der Waals surface area contributed by atoms with Gasteiger partial charge in [0, 0.05) is 24.1 Å². The van der Waals surface area contributed by atoms with Crippen LogP contribution in [0.2, 0.25) is 0 Å². The van der Waals surface area contributed by atoms with Gasteiger partial charge in [-0.3, -0.25) is 0 Å². The molecular formula is C16H23NOS. The molecule has 104 valence electrons. The molecule has 2 aliphatic rings. The summed E-state index contributed by atoms with van der Waals surface area (Å²) in [5, 5.41) is 3.88. The zero-order chi connectivity index (χ0) is 13.3. The van der Waals surface area contributed by atoms with E-state index in [2.05, 4.69) is 55.2 Å². The second-order valence-electron chi connectivity index (χ2n) is 6.21. The van der Waals surface area contributed by atoms with E-state index in [1.54, 1.807) is 0 Å². The Bertz CT molecular complexity index is 440. The van der Waals surface area contributed by atoms with Crippen molar-refractivity contribution in [2.75, 3.05) is 11.5 Å². The van der Waals surface area contributed by atoms with Gasteiger partial charge in [-0.05, 0) is 44.3 Å². The van der Waals surface area contributed by atoms with Gasteiger partial charge < -0.3 is 10.1 Å². The smallest absolute Gasteiger partial charge is 0.124 e. The Kier molecular flexibility index (Phi) is 3.77. The number of para-hydroxylation sites is 1. The molecular weight excluding hydrogens is 254 g/mol. The number of nitrogens with one attached hydrogen (secondary N) is 1. The van der Waals surface area contributed by atoms with Gasteiger partial charge in [-0.2, -0.15) is 11.8 Å². The van der Waals surface area contributed by atoms with Gasteiger partial charge in [-0.15, -0.1) is 0 Å². The molecule has 2 heterocycles. The summed E-state index contributed by atoms with van der Waals surface area (Å²) in [6.07, 6.45) is 3.64. The van der Waals surface area contributed by atoms with Crippen LogP contribution in [0.5, 0.6) is 5.75 Å². The molecule has 0 amide bonds. The molecule has 0 bridgehead atoms. The maximum absolute atomic E-state index is 6.09. The maximum Gasteiger partial charge on any atom is 0.124 e. The van der Waals surface area contributed by atoms with Crippen LogP contribution in [0.4, 0.5) is 0 Å². The standard InChI is InChI=1S/C16H23NOS/c1-16(2)11-14(17-12-7-9-19-10-8-12)13-5-3-4-6-15(13)18-16/h3-6,12,14,17H,7-11H2,1-2H3. The molecule has 0 aliphatic carbocycles. The number of benzene rings is 1. The number of hydrogen-bond donors (Lipinski definition) is 1. The average molecular weight is 277 g/mol. The summed E-state index contributed by atoms with van der Waals surface area (Å²) in [6, 6.07) is 9.60. The minimum absolute atomic E-state index is 0.0740. The highest BCUT2D eigenvalue weighted by Crippen LogP contribution is 2.39. The number of fused-ring (bicyclic) bond motifs is 1. The van der Waals surface area contributed by atoms with E-state index in [-0.39, 0.29) is 5.60 Å². The zero-order valence-electron chi connectivity index (χ0n) is 11.8. The topological polar surface area (TPSA) is 21.3 Å². The van der Waals surface area contributed by atoms with E-state index < -0.39 is 0 Å². The molecule has 3 rings (SSSR count). The summed E-state index contributed by atoms with van der Waals surface area (Å²) in [6.45, 7) is 4.38. The van der Waals surface area contributed by atoms with Crippen molar-refractivity contribution in [3.05, 3.63) is 29.8 Å². The highest BCUT2D eigenvalue weighted by atomic mass is 32.2. The molecule has 0 saturated carbocycles. The van der Waals surface area contributed by atoms with Gasteiger partial charge in [0.15, 0.2) is 0 Å². The van der Waals surface area contributed by atoms with E-state index in [1.807, 2.05) is 0 Å². The van der Waals surface area contributed by atoms with E-state index in [9.17, 15) is 0 Å². The van der Waals surface area contributed by atoms with Crippen LogP contribution in [0.25, 0.3) is 0 Å². The van der Waals surface area contributed by atoms with E-state index >= 15 is 0 Å². The number of hydrogen-bond acceptors (Lipinski definition) is 3. The van der Waals surface area contributed by atoms with Crippen LogP contribution in [-0.2, 0) is 0 Å². The molecule has 2 nitrogen and oxygen atoms in total. The van der Waals surface area contributed by atoms with Crippen LogP contribution < -0.4 is 10.1 Å². The Hall–Kier alpha value is -0.670. The molecule has 1 atom stereocenters. The van der Waals surface area contributed by atoms with Gasteiger partial charge in [-0.25, -0.2) is 0 Å². The molecule has 3 heteroatoms. The normalized spacial score (nSPS) is 26.5. The van der Waals surface area contributed by atoms with Crippen molar-refractivity contribution in [3.8, 4) is 5.75 Å². The third-order valence-corrected chi connectivity index (χ3v) is 5.08. The van der Waals surface area contributed by atoms with Gasteiger partial charge in [0.2, 0.25) is 0 Å². The van der Waals surface area contributed by atoms with Gasteiger partial charge in [0.25, 0.3) is 0 Å². The Labute approximate surface area is 120 Å². The van der Waals surface area contributed by atoms with Crippen LogP contribution >= 0.6 is 11.8 Å². The summed E-state index contributed by atoms with van der Waals surface area (Å²) >= 11 is 2.08. The van der Waals surface area contributed by atoms with Crippen molar-refractivity contribution in [3.63, 3.8) is 0 Å². The molecule has 1 aromatic carbocycles. The molecule has 2 aliphatic heterocycles. The van der Waals surface area contributed by atoms with Crippen molar-refractivity contribution in [2.45, 2.75) is 50.8 Å². The fraction of sp³-hybridized carbons (Fsp3) is 0.625. The Morgan fingerprint density at radius 2 is 1.95 bits per heavy atom. The summed E-state index contributed by atoms with van der Waals surface area (Å²) < 4.78 is 6.09. The lowest BCUT2D eigenvalue weighted by Gasteiger charge is -2.40. The first-order valence-electron chi connectivity index (χ1n) is 7.26. The van der Waals surface area contributed by atoms with Crippen molar-refractivity contribution >= 4 is 11.8 Å². The largest absolute Gasteiger partial charge is 0.487 e. The number of ether oxygens (including phenoxy) is 1. The van der Waals surface area contributed by atoms with Crippen LogP contribution in [0, 0.1) is 0 Å². The van der Waals surface area contributed by atoms with Crippen LogP contribution in [0.1, 0.15) is 44.7 Å². The summed E-state index contributed by atoms with van der Waals surface area (Å²) in [5.41, 5.74) is 1.26. The van der Waals surface area contributed by atoms with E-state index in [0.717, 1.165) is 12.2 Å². The van der Waals surface area contributed by atoms with Gasteiger partial charge >= 0.3 is 0 Å². The molecule has 0 radical (unpaired) electrons. The van der Waals surface area contributed by atoms with Gasteiger partial charge in [0.1, 0.15) is 11.4 Å². The predicted octanol–water partition coefficient (Wildman–Crippen LogP) is 3.77. The second kappa shape index (κ2) is 5.37. The first-order chi connectivity index (χ1) is 9.14. The Balaban J connectivity index is 1.79. The molecule has 0 aromatic heterocycles. The number of rotatable bonds is 2. The van der Waals surface area contributed by atoms with Crippen molar-refractivity contribution in [2.24, 2.45) is 0 Å². The Morgan fingerprint density at radius 1 is 1.21 bits per heavy atom. The van der Waals surface area contributed by atoms with Crippen molar-refractivity contribution in [1.82, 2.24) is 5.32 Å². The minimum Gasteiger partial charge on any atom is -0.487 e. The Morgan fingerprint density at radius 3 is 2.74 bits per heavy atom. The molecule has 1 N–H and O–H groups in total. The molecule has 1 saturated heterocycles. The SMILES string of the molecule is CC1(C)CC(NC2CCSCC2)c2ccccc2O1. The average Bonchev–Trinajstić information content (AvgIpc) is 2.38. The fourth-order valence-corrected chi connectivity index (χ4v) is 4.21. The predicted molar refractivity (Wildman–Crippen MR) is 82.0 cm³/mol. The summed E-state index contributed by atoms with van der Waals surface area (Å²) in [4.78, 5) is 0. The molecule has 19 heavy (non-hydrogen) atoms. The first kappa shape index (κ1) is 13.3. The van der Waals surface area contributed by atoms with Crippen molar-refractivity contribution in [1.29, 1.82) is 0 Å². The number of thioether (sulfide) groups is 1. The molecule has 1 unspecified atom stereocenters. The molecule has 1 aromatic rings. The van der Waals surface area contributed by atoms with Crippen LogP contribution in [-0.4, -0.2) is 23.1 Å². The lowest BCUT2D eigenvalue weighted by molar-refractivity contribution is 0.0633. The van der Waals surface area contributed by atoms with E-state index in [1.165, 1.54) is 29.9 Å². The first-order valence-corrected chi connectivity index (χ1v) is 8.41. The van der Waals surface area contributed by atoms with Gasteiger partial charge in [0.05, 0.1) is 0 Å². The third-order valence-electron chi connectivity index (χ3n) is 4.03. The highest BCUT2D eigenvalue weighted by Gasteiger charge is 2.34. The lowest BCUT2D eigenvalue weighted by Crippen LogP contribution is -2.43. The highest BCUT2D eigenvalue weighted by molar-refractivity contribution is 7.99. The maximum atomic E-state index is 6.09. The van der Waals surface area contributed by atoms with Crippen LogP contribution in [0.3, 0.4) is 0 Å². The lowest BCUT2D eigenvalue weighted by atomic mass is 9.89. The third kappa shape index (κ3) is 3.09. The quantitative estimate of drug-likeness (QED) is 0.889. The minimum atomic E-state index is -0.0740. The summed E-state index contributed by atoms with van der Waals surface area (Å²) in [5.74, 6) is 3.65. The fourth-order valence-electron chi connectivity index (χ4n) is 3.10. The monoisotopic (exact) mass is 277 g/mol. The van der Waals surface area contributed by atoms with Crippen molar-refractivity contribution < 1.29 is 4.74 Å². The van der Waals surface area contributed by atoms with Gasteiger partial charge in [-0.1, -0.05) is 18.2 Å². The molecule has 1 fully saturated rings.